The Morgan fingerprint density at radius 1 is 0.403 bits per heavy atom. The molecule has 0 bridgehead atoms. The number of aromatic nitrogens is 2. The van der Waals surface area contributed by atoms with Gasteiger partial charge in [-0.25, -0.2) is 0 Å². The molecule has 0 aliphatic heterocycles. The minimum atomic E-state index is -0.0432. The van der Waals surface area contributed by atoms with Crippen molar-refractivity contribution in [2.75, 3.05) is 0 Å². The molecule has 0 amide bonds. The van der Waals surface area contributed by atoms with Crippen molar-refractivity contribution in [2.45, 2.75) is 161 Å². The number of hydrogen-bond acceptors (Lipinski definition) is 1. The Bertz CT molecular complexity index is 3200. The molecule has 1 unspecified atom stereocenters. The van der Waals surface area contributed by atoms with Gasteiger partial charge in [0.15, 0.2) is 0 Å². The van der Waals surface area contributed by atoms with Crippen molar-refractivity contribution in [1.82, 2.24) is 9.55 Å². The highest BCUT2D eigenvalue weighted by atomic mass is 15.0. The molecule has 2 heteroatoms. The van der Waals surface area contributed by atoms with E-state index in [-0.39, 0.29) is 5.41 Å². The molecule has 0 N–H and O–H groups in total. The predicted molar refractivity (Wildman–Crippen MR) is 312 cm³/mol. The first-order valence-corrected chi connectivity index (χ1v) is 28.4. The summed E-state index contributed by atoms with van der Waals surface area (Å²) in [6.07, 6.45) is 26.1. The first-order chi connectivity index (χ1) is 35.5. The fourth-order valence-corrected chi connectivity index (χ4v) is 12.7. The van der Waals surface area contributed by atoms with Gasteiger partial charge in [0.05, 0.1) is 5.69 Å². The molecule has 368 valence electrons. The van der Waals surface area contributed by atoms with Crippen molar-refractivity contribution in [3.8, 4) is 55.8 Å². The van der Waals surface area contributed by atoms with E-state index in [1.807, 2.05) is 6.20 Å². The Hall–Kier alpha value is -6.25. The van der Waals surface area contributed by atoms with Gasteiger partial charge in [0.25, 0.3) is 0 Å². The number of unbranched alkanes of at least 4 members (excludes halogenated alkanes) is 12. The molecule has 0 radical (unpaired) electrons. The molecule has 2 aromatic heterocycles. The second-order valence-electron chi connectivity index (χ2n) is 21.4. The Balaban J connectivity index is 1.07. The van der Waals surface area contributed by atoms with Gasteiger partial charge in [-0.3, -0.25) is 4.98 Å². The summed E-state index contributed by atoms with van der Waals surface area (Å²) in [7, 11) is 0. The van der Waals surface area contributed by atoms with Crippen LogP contribution in [-0.2, 0) is 5.41 Å². The van der Waals surface area contributed by atoms with Gasteiger partial charge in [0.1, 0.15) is 0 Å². The third-order valence-corrected chi connectivity index (χ3v) is 16.7. The summed E-state index contributed by atoms with van der Waals surface area (Å²) in [4.78, 5) is 4.87. The van der Waals surface area contributed by atoms with Crippen LogP contribution in [0, 0.1) is 0 Å². The fourth-order valence-electron chi connectivity index (χ4n) is 12.7. The Morgan fingerprint density at radius 3 is 1.49 bits per heavy atom. The largest absolute Gasteiger partial charge is 0.337 e. The van der Waals surface area contributed by atoms with Gasteiger partial charge in [-0.15, -0.1) is 0 Å². The Labute approximate surface area is 432 Å². The van der Waals surface area contributed by atoms with Crippen molar-refractivity contribution >= 4 is 32.6 Å². The molecule has 0 saturated carbocycles. The highest BCUT2D eigenvalue weighted by Gasteiger charge is 2.42. The maximum absolute atomic E-state index is 4.87. The standard InChI is InChI=1S/C70H78N2/c1-5-9-12-14-16-24-44-70(45-25-17-15-13-10-6-2)65-47-55(52-31-33-54(34-32-52)69-60-30-23-22-28-53(60)43-46-71-69)35-39-61(65)62-40-36-56(48-66(62)70)58-38-42-64-63-41-37-57(51-26-20-18-21-27-51)49-67(63)72(68(64)50-58)59(8-4)29-19-11-7-3/h18,20-23,26-28,30-43,46-50,59H,5-17,19,24-25,29,44-45H2,1-4H3. The van der Waals surface area contributed by atoms with Gasteiger partial charge in [-0.1, -0.05) is 251 Å². The first-order valence-electron chi connectivity index (χ1n) is 28.4. The van der Waals surface area contributed by atoms with E-state index in [1.54, 1.807) is 11.1 Å². The third-order valence-electron chi connectivity index (χ3n) is 16.7. The lowest BCUT2D eigenvalue weighted by atomic mass is 9.70. The number of fused-ring (bicyclic) bond motifs is 7. The lowest BCUT2D eigenvalue weighted by molar-refractivity contribution is 0.398. The maximum Gasteiger partial charge on any atom is 0.0780 e. The third kappa shape index (κ3) is 10.1. The first kappa shape index (κ1) is 49.3. The van der Waals surface area contributed by atoms with E-state index in [2.05, 4.69) is 190 Å². The minimum Gasteiger partial charge on any atom is -0.337 e. The summed E-state index contributed by atoms with van der Waals surface area (Å²) in [5.41, 5.74) is 18.7. The van der Waals surface area contributed by atoms with Crippen LogP contribution >= 0.6 is 0 Å². The average Bonchev–Trinajstić information content (AvgIpc) is 3.90. The topological polar surface area (TPSA) is 17.8 Å². The van der Waals surface area contributed by atoms with E-state index in [0.717, 1.165) is 17.7 Å². The van der Waals surface area contributed by atoms with Gasteiger partial charge in [0.2, 0.25) is 0 Å². The normalized spacial score (nSPS) is 13.3. The average molecular weight is 947 g/mol. The summed E-state index contributed by atoms with van der Waals surface area (Å²) in [6.45, 7) is 9.39. The molecule has 1 aliphatic carbocycles. The van der Waals surface area contributed by atoms with Gasteiger partial charge in [-0.2, -0.15) is 0 Å². The number of nitrogens with zero attached hydrogens (tertiary/aromatic N) is 2. The summed E-state index contributed by atoms with van der Waals surface area (Å²) in [6, 6.07) is 61.1. The van der Waals surface area contributed by atoms with Crippen LogP contribution in [0.25, 0.3) is 88.3 Å². The zero-order valence-electron chi connectivity index (χ0n) is 44.0. The summed E-state index contributed by atoms with van der Waals surface area (Å²) in [5.74, 6) is 0. The molecule has 2 heterocycles. The SMILES string of the molecule is CCCCCCCCC1(CCCCCCCC)c2cc(-c3ccc(-c4nccc5ccccc45)cc3)ccc2-c2ccc(-c3ccc4c5ccc(-c6ccccc6)cc5n(C(CC)CCCCC)c4c3)cc21. The van der Waals surface area contributed by atoms with Crippen LogP contribution in [0.5, 0.6) is 0 Å². The molecular formula is C70H78N2. The van der Waals surface area contributed by atoms with Crippen LogP contribution in [-0.4, -0.2) is 9.55 Å². The molecule has 1 atom stereocenters. The summed E-state index contributed by atoms with van der Waals surface area (Å²) < 4.78 is 2.74. The number of rotatable bonds is 24. The van der Waals surface area contributed by atoms with Gasteiger partial charge >= 0.3 is 0 Å². The van der Waals surface area contributed by atoms with E-state index in [1.165, 1.54) is 193 Å². The monoisotopic (exact) mass is 947 g/mol. The van der Waals surface area contributed by atoms with Crippen LogP contribution in [0.1, 0.15) is 167 Å². The van der Waals surface area contributed by atoms with E-state index < -0.39 is 0 Å². The lowest BCUT2D eigenvalue weighted by Gasteiger charge is -2.33. The molecule has 2 nitrogen and oxygen atoms in total. The minimum absolute atomic E-state index is 0.0432. The maximum atomic E-state index is 4.87. The highest BCUT2D eigenvalue weighted by molar-refractivity contribution is 6.10. The van der Waals surface area contributed by atoms with Crippen molar-refractivity contribution < 1.29 is 0 Å². The molecule has 7 aromatic carbocycles. The zero-order valence-corrected chi connectivity index (χ0v) is 44.0. The number of pyridine rings is 1. The van der Waals surface area contributed by atoms with Gasteiger partial charge in [-0.05, 0) is 117 Å². The summed E-state index contributed by atoms with van der Waals surface area (Å²) in [5, 5.41) is 5.15. The van der Waals surface area contributed by atoms with Crippen LogP contribution in [0.4, 0.5) is 0 Å². The second-order valence-corrected chi connectivity index (χ2v) is 21.4. The fraction of sp³-hybridized carbons (Fsp3) is 0.357. The van der Waals surface area contributed by atoms with Crippen molar-refractivity contribution in [2.24, 2.45) is 0 Å². The molecule has 9 aromatic rings. The predicted octanol–water partition coefficient (Wildman–Crippen LogP) is 21.3. The van der Waals surface area contributed by atoms with Gasteiger partial charge < -0.3 is 4.57 Å². The van der Waals surface area contributed by atoms with Gasteiger partial charge in [0, 0.05) is 50.4 Å². The molecule has 0 spiro atoms. The summed E-state index contributed by atoms with van der Waals surface area (Å²) >= 11 is 0. The molecule has 0 saturated heterocycles. The molecule has 72 heavy (non-hydrogen) atoms. The molecule has 0 fully saturated rings. The van der Waals surface area contributed by atoms with Crippen LogP contribution in [0.2, 0.25) is 0 Å². The second kappa shape index (κ2) is 23.1. The smallest absolute Gasteiger partial charge is 0.0780 e. The lowest BCUT2D eigenvalue weighted by Crippen LogP contribution is -2.25. The van der Waals surface area contributed by atoms with Crippen molar-refractivity contribution in [1.29, 1.82) is 0 Å². The molecule has 1 aliphatic rings. The Morgan fingerprint density at radius 2 is 0.875 bits per heavy atom. The zero-order chi connectivity index (χ0) is 49.3. The molecular weight excluding hydrogens is 869 g/mol. The van der Waals surface area contributed by atoms with Crippen LogP contribution in [0.3, 0.4) is 0 Å². The van der Waals surface area contributed by atoms with E-state index >= 15 is 0 Å². The number of hydrogen-bond donors (Lipinski definition) is 0. The van der Waals surface area contributed by atoms with E-state index in [9.17, 15) is 0 Å². The highest BCUT2D eigenvalue weighted by Crippen LogP contribution is 2.56. The van der Waals surface area contributed by atoms with Crippen molar-refractivity contribution in [3.05, 3.63) is 175 Å². The Kier molecular flexibility index (Phi) is 15.8. The number of benzene rings is 7. The van der Waals surface area contributed by atoms with E-state index in [4.69, 9.17) is 4.98 Å². The van der Waals surface area contributed by atoms with E-state index in [0.29, 0.717) is 6.04 Å². The molecule has 10 rings (SSSR count). The van der Waals surface area contributed by atoms with Crippen LogP contribution in [0.15, 0.2) is 164 Å². The quantitative estimate of drug-likeness (QED) is 0.0552. The van der Waals surface area contributed by atoms with Crippen LogP contribution < -0.4 is 0 Å². The van der Waals surface area contributed by atoms with Crippen molar-refractivity contribution in [3.63, 3.8) is 0 Å².